The van der Waals surface area contributed by atoms with Gasteiger partial charge in [-0.15, -0.1) is 0 Å². The fourth-order valence-corrected chi connectivity index (χ4v) is 15.3. The maximum absolute atomic E-state index is 13.7. The number of aliphatic carboxylic acids is 1. The molecule has 0 bridgehead atoms. The Morgan fingerprint density at radius 1 is 0.316 bits per heavy atom. The minimum Gasteiger partial charge on any atom is -0.481 e. The van der Waals surface area contributed by atoms with Gasteiger partial charge in [0, 0.05) is 108 Å². The van der Waals surface area contributed by atoms with E-state index in [1.54, 1.807) is 146 Å². The van der Waals surface area contributed by atoms with Crippen LogP contribution >= 0.6 is 0 Å². The summed E-state index contributed by atoms with van der Waals surface area (Å²) < 4.78 is 84.9. The third-order valence-corrected chi connectivity index (χ3v) is 23.7. The van der Waals surface area contributed by atoms with Gasteiger partial charge in [0.25, 0.3) is 0 Å². The molecule has 8 rings (SSSR count). The molecular weight excluding hydrogens is 1720 g/mol. The van der Waals surface area contributed by atoms with Crippen LogP contribution in [0.3, 0.4) is 0 Å². The minimum absolute atomic E-state index is 0.0170. The maximum atomic E-state index is 13.7. The van der Waals surface area contributed by atoms with E-state index >= 15 is 0 Å². The predicted molar refractivity (Wildman–Crippen MR) is 484 cm³/mol. The van der Waals surface area contributed by atoms with Crippen LogP contribution in [0.5, 0.6) is 0 Å². The fourth-order valence-electron chi connectivity index (χ4n) is 15.3. The van der Waals surface area contributed by atoms with Crippen molar-refractivity contribution in [2.24, 2.45) is 35.5 Å². The first-order valence-electron chi connectivity index (χ1n) is 46.4. The van der Waals surface area contributed by atoms with Crippen molar-refractivity contribution in [2.45, 2.75) is 219 Å². The normalized spacial score (nSPS) is 21.9. The second-order valence-corrected chi connectivity index (χ2v) is 33.8. The van der Waals surface area contributed by atoms with Crippen molar-refractivity contribution in [2.75, 3.05) is 105 Å². The number of ether oxygens (including phenoxy) is 14. The Morgan fingerprint density at radius 3 is 0.970 bits per heavy atom. The summed E-state index contributed by atoms with van der Waals surface area (Å²) in [5.41, 5.74) is 0.307. The molecule has 5 aromatic carbocycles. The Labute approximate surface area is 778 Å². The summed E-state index contributed by atoms with van der Waals surface area (Å²) >= 11 is 0. The lowest BCUT2D eigenvalue weighted by Crippen LogP contribution is -2.58. The third-order valence-electron chi connectivity index (χ3n) is 23.7. The Kier molecular flexibility index (Phi) is 47.6. The van der Waals surface area contributed by atoms with Crippen LogP contribution in [0, 0.1) is 35.5 Å². The van der Waals surface area contributed by atoms with E-state index in [4.69, 9.17) is 66.3 Å². The summed E-state index contributed by atoms with van der Waals surface area (Å²) in [6.45, 7) is 13.1. The highest BCUT2D eigenvalue weighted by Gasteiger charge is 2.48. The number of ketones is 1. The molecule has 34 heteroatoms. The van der Waals surface area contributed by atoms with E-state index in [0.717, 1.165) is 6.42 Å². The Bertz CT molecular complexity index is 4400. The molecule has 133 heavy (non-hydrogen) atoms. The summed E-state index contributed by atoms with van der Waals surface area (Å²) in [7, 11) is 0. The quantitative estimate of drug-likeness (QED) is 0.0108. The van der Waals surface area contributed by atoms with Gasteiger partial charge in [0.2, 0.25) is 35.4 Å². The van der Waals surface area contributed by atoms with E-state index in [0.29, 0.717) is 53.5 Å². The van der Waals surface area contributed by atoms with Gasteiger partial charge in [-0.25, -0.2) is 24.0 Å². The number of nitrogens with one attached hydrogen (secondary N) is 6. The van der Waals surface area contributed by atoms with Crippen LogP contribution in [0.4, 0.5) is 0 Å². The Morgan fingerprint density at radius 2 is 0.617 bits per heavy atom. The van der Waals surface area contributed by atoms with Crippen LogP contribution in [0.2, 0.25) is 0 Å². The van der Waals surface area contributed by atoms with Gasteiger partial charge in [0.1, 0.15) is 24.5 Å². The molecule has 16 atom stereocenters. The Hall–Kier alpha value is -11.0. The third kappa shape index (κ3) is 38.2. The average Bonchev–Trinajstić information content (AvgIpc) is 0.805. The molecule has 34 nitrogen and oxygen atoms in total. The molecule has 3 saturated heterocycles. The van der Waals surface area contributed by atoms with E-state index in [-0.39, 0.29) is 248 Å². The number of carboxylic acid groups (broad SMARTS) is 1. The molecule has 0 radical (unpaired) electrons. The van der Waals surface area contributed by atoms with Crippen molar-refractivity contribution in [3.63, 3.8) is 0 Å². The number of benzene rings is 5. The number of carboxylic acids is 1. The lowest BCUT2D eigenvalue weighted by molar-refractivity contribution is -0.274. The number of unbranched alkanes of at least 4 members (excludes halogenated alkanes) is 1. The molecule has 3 aliphatic rings. The highest BCUT2D eigenvalue weighted by Crippen LogP contribution is 2.38. The molecule has 0 saturated carbocycles. The molecule has 5 aromatic rings. The van der Waals surface area contributed by atoms with E-state index in [2.05, 4.69) is 38.8 Å². The zero-order valence-corrected chi connectivity index (χ0v) is 77.4. The number of amides is 6. The summed E-state index contributed by atoms with van der Waals surface area (Å²) in [6, 6.07) is 42.7. The molecule has 0 aliphatic carbocycles. The number of carbonyl (C=O) groups excluding carboxylic acids is 12. The van der Waals surface area contributed by atoms with Gasteiger partial charge in [-0.1, -0.05) is 139 Å². The van der Waals surface area contributed by atoms with Crippen molar-refractivity contribution in [1.29, 1.82) is 0 Å². The monoisotopic (exact) mass is 1850 g/mol. The van der Waals surface area contributed by atoms with E-state index < -0.39 is 108 Å². The number of hydrogen-bond acceptors (Lipinski definition) is 27. The summed E-state index contributed by atoms with van der Waals surface area (Å²) in [4.78, 5) is 170. The SMILES string of the molecule is CCC1O[C@@H](OCCCC(=O)CCCCNC(=O)CCOCC(COCCC(=O)NCCCNC(=O)CCCO[C@@H]2OC(COC(=O)c3ccccc3)[C@@H](C)[C@H](C)C2OC(=O)c2ccccc2)(COCCC(=O)NCCNC(=O)CCCO[C@@H]2OC(COC(=O)c3ccccc3)[C@@H](C)[C@H](C)C2OC(=O)c2ccccc2)NC(=O)CCCC(=O)O)C(OC(=O)c2ccccc2)[C@@H](C)[C@@H]1C. The molecule has 3 fully saturated rings. The zero-order chi connectivity index (χ0) is 95.7. The highest BCUT2D eigenvalue weighted by atomic mass is 16.7. The van der Waals surface area contributed by atoms with E-state index in [9.17, 15) is 67.4 Å². The zero-order valence-electron chi connectivity index (χ0n) is 77.4. The van der Waals surface area contributed by atoms with Gasteiger partial charge < -0.3 is 103 Å². The predicted octanol–water partition coefficient (Wildman–Crippen LogP) is 10.2. The van der Waals surface area contributed by atoms with Crippen molar-refractivity contribution in [3.05, 3.63) is 179 Å². The number of esters is 5. The van der Waals surface area contributed by atoms with Crippen LogP contribution in [-0.4, -0.2) is 249 Å². The van der Waals surface area contributed by atoms with Crippen molar-refractivity contribution < 1.29 is 134 Å². The van der Waals surface area contributed by atoms with Crippen LogP contribution in [0.25, 0.3) is 0 Å². The molecule has 6 amide bonds. The molecule has 3 aliphatic heterocycles. The van der Waals surface area contributed by atoms with Gasteiger partial charge >= 0.3 is 35.8 Å². The smallest absolute Gasteiger partial charge is 0.338 e. The molecule has 0 spiro atoms. The number of hydrogen-bond donors (Lipinski definition) is 7. The fraction of sp³-hybridized carbons (Fsp3) is 0.566. The lowest BCUT2D eigenvalue weighted by Gasteiger charge is -2.43. The summed E-state index contributed by atoms with van der Waals surface area (Å²) in [5, 5.41) is 26.3. The molecule has 0 aromatic heterocycles. The lowest BCUT2D eigenvalue weighted by atomic mass is 9.82. The first-order valence-corrected chi connectivity index (χ1v) is 46.4. The van der Waals surface area contributed by atoms with Crippen LogP contribution in [-0.2, 0) is 105 Å². The van der Waals surface area contributed by atoms with Crippen molar-refractivity contribution >= 4 is 77.0 Å². The van der Waals surface area contributed by atoms with Gasteiger partial charge in [0.05, 0.1) is 106 Å². The maximum Gasteiger partial charge on any atom is 0.338 e. The standard InChI is InChI=1S/C99H134N6O28/c1-8-78-66(2)69(5)88(131-93(117)74-35-18-11-19-36-74)96(128-78)123-55-27-42-77(106)41-24-25-50-100-83(109)47-58-120-63-99(105-86(112)43-26-46-87(113)114,65-122-60-49-85(111)104-54-53-103-82(108)45-29-57-125-98-90(133-95(119)76-39-22-13-23-40-76)71(7)68(4)80(130-98)62-127-92(116)73-33-16-10-17-34-73)64-121-59-48-84(110)102-52-30-51-101-81(107)44-28-56-124-97-89(132-94(118)75-37-20-12-21-38-75)70(6)67(3)79(129-97)61-126-91(115)72-31-14-9-15-32-72/h9-23,31-40,66-71,78-80,88-90,96-98H,8,24-30,41-65H2,1-7H3,(H,100,109)(H,101,107)(H,102,110)(H,103,108)(H,104,111)(H,105,112)(H,113,114)/t66-,67-,68-,69-,70-,71-,78?,79?,80?,88?,89?,90?,96+,97+,98+,99?/m0/s1. The summed E-state index contributed by atoms with van der Waals surface area (Å²) in [5.74, 6) is -7.24. The van der Waals surface area contributed by atoms with Crippen molar-refractivity contribution in [3.8, 4) is 0 Å². The molecule has 3 heterocycles. The van der Waals surface area contributed by atoms with Gasteiger partial charge in [-0.05, 0) is 130 Å². The second kappa shape index (κ2) is 58.9. The molecule has 7 N–H and O–H groups in total. The van der Waals surface area contributed by atoms with Crippen LogP contribution in [0.15, 0.2) is 152 Å². The molecular formula is C99H134N6O28. The molecule has 728 valence electrons. The van der Waals surface area contributed by atoms with Gasteiger partial charge in [0.15, 0.2) is 37.2 Å². The number of Topliss-reactive ketones (excluding diaryl/α,β-unsaturated/α-hetero) is 1. The summed E-state index contributed by atoms with van der Waals surface area (Å²) in [6.07, 6.45) is -4.02. The second-order valence-electron chi connectivity index (χ2n) is 33.8. The van der Waals surface area contributed by atoms with Gasteiger partial charge in [-0.2, -0.15) is 0 Å². The first kappa shape index (κ1) is 107. The van der Waals surface area contributed by atoms with Crippen LogP contribution in [0.1, 0.15) is 209 Å². The largest absolute Gasteiger partial charge is 0.481 e. The highest BCUT2D eigenvalue weighted by molar-refractivity contribution is 5.92. The minimum atomic E-state index is -1.54. The van der Waals surface area contributed by atoms with Crippen molar-refractivity contribution in [1.82, 2.24) is 31.9 Å². The number of carbonyl (C=O) groups is 13. The van der Waals surface area contributed by atoms with E-state index in [1.807, 2.05) is 47.6 Å². The average molecular weight is 1860 g/mol. The van der Waals surface area contributed by atoms with Crippen LogP contribution < -0.4 is 31.9 Å². The number of rotatable bonds is 60. The molecule has 7 unspecified atom stereocenters. The van der Waals surface area contributed by atoms with Gasteiger partial charge in [-0.3, -0.25) is 38.4 Å². The Balaban J connectivity index is 0.784. The first-order chi connectivity index (χ1) is 64.2. The van der Waals surface area contributed by atoms with E-state index in [1.165, 1.54) is 0 Å². The topological polar surface area (TPSA) is 444 Å².